The molecule has 0 rings (SSSR count). The summed E-state index contributed by atoms with van der Waals surface area (Å²) in [5, 5.41) is 0. The van der Waals surface area contributed by atoms with Crippen molar-refractivity contribution in [3.05, 3.63) is 12.2 Å². The fourth-order valence-electron chi connectivity index (χ4n) is 2.04. The molecule has 0 saturated carbocycles. The second-order valence-corrected chi connectivity index (χ2v) is 5.56. The third-order valence-electron chi connectivity index (χ3n) is 3.21. The molecule has 0 atom stereocenters. The number of nitrogens with zero attached hydrogens (tertiary/aromatic N) is 1. The molecule has 0 bridgehead atoms. The smallest absolute Gasteiger partial charge is 0.0478 e. The van der Waals surface area contributed by atoms with Crippen LogP contribution in [0.3, 0.4) is 0 Å². The molecule has 0 unspecified atom stereocenters. The van der Waals surface area contributed by atoms with E-state index in [2.05, 4.69) is 38.1 Å². The van der Waals surface area contributed by atoms with Crippen LogP contribution in [0.2, 0.25) is 0 Å². The van der Waals surface area contributed by atoms with Gasteiger partial charge >= 0.3 is 0 Å². The molecule has 0 aliphatic heterocycles. The Morgan fingerprint density at radius 2 is 1.42 bits per heavy atom. The van der Waals surface area contributed by atoms with Crippen LogP contribution in [0.15, 0.2) is 12.2 Å². The maximum Gasteiger partial charge on any atom is 0.0478 e. The van der Waals surface area contributed by atoms with Crippen LogP contribution in [0.4, 0.5) is 0 Å². The van der Waals surface area contributed by atoms with Crippen molar-refractivity contribution in [2.24, 2.45) is 0 Å². The lowest BCUT2D eigenvalue weighted by Gasteiger charge is -2.09. The van der Waals surface area contributed by atoms with E-state index in [4.69, 9.17) is 4.74 Å². The number of rotatable bonds is 14. The molecule has 2 nitrogen and oxygen atoms in total. The average Bonchev–Trinajstić information content (AvgIpc) is 2.39. The first-order valence-electron chi connectivity index (χ1n) is 8.14. The molecule has 0 saturated heterocycles. The summed E-state index contributed by atoms with van der Waals surface area (Å²) in [4.78, 5) is 2.21. The van der Waals surface area contributed by atoms with Crippen molar-refractivity contribution < 1.29 is 4.74 Å². The molecule has 0 amide bonds. The van der Waals surface area contributed by atoms with Gasteiger partial charge in [0.05, 0.1) is 0 Å². The van der Waals surface area contributed by atoms with Crippen LogP contribution in [0.5, 0.6) is 0 Å². The molecular weight excluding hydrogens is 234 g/mol. The highest BCUT2D eigenvalue weighted by Gasteiger charge is 1.93. The third-order valence-corrected chi connectivity index (χ3v) is 3.21. The molecule has 0 N–H and O–H groups in total. The highest BCUT2D eigenvalue weighted by Crippen LogP contribution is 2.07. The quantitative estimate of drug-likeness (QED) is 0.336. The summed E-state index contributed by atoms with van der Waals surface area (Å²) in [6.07, 6.45) is 16.3. The first kappa shape index (κ1) is 18.7. The zero-order valence-corrected chi connectivity index (χ0v) is 13.5. The average molecular weight is 269 g/mol. The van der Waals surface area contributed by atoms with Crippen molar-refractivity contribution in [3.8, 4) is 0 Å². The predicted octanol–water partition coefficient (Wildman–Crippen LogP) is 4.65. The highest BCUT2D eigenvalue weighted by atomic mass is 16.5. The molecule has 0 heterocycles. The second kappa shape index (κ2) is 15.7. The van der Waals surface area contributed by atoms with Gasteiger partial charge in [-0.15, -0.1) is 0 Å². The Morgan fingerprint density at radius 3 is 2.11 bits per heavy atom. The Balaban J connectivity index is 2.97. The fourth-order valence-corrected chi connectivity index (χ4v) is 2.04. The standard InChI is InChI=1S/C17H35NO/c1-4-5-6-7-8-9-10-11-12-13-16-19-17-14-15-18(2)3/h5-6H,4,7-17H2,1-3H3/b6-5-. The summed E-state index contributed by atoms with van der Waals surface area (Å²) in [6, 6.07) is 0. The van der Waals surface area contributed by atoms with Gasteiger partial charge in [-0.1, -0.05) is 44.8 Å². The summed E-state index contributed by atoms with van der Waals surface area (Å²) in [5.74, 6) is 0. The van der Waals surface area contributed by atoms with Crippen molar-refractivity contribution in [1.29, 1.82) is 0 Å². The fraction of sp³-hybridized carbons (Fsp3) is 0.882. The third kappa shape index (κ3) is 17.7. The van der Waals surface area contributed by atoms with Gasteiger partial charge in [0.2, 0.25) is 0 Å². The Hall–Kier alpha value is -0.340. The topological polar surface area (TPSA) is 12.5 Å². The van der Waals surface area contributed by atoms with Gasteiger partial charge in [-0.05, 0) is 52.7 Å². The van der Waals surface area contributed by atoms with Gasteiger partial charge in [0, 0.05) is 13.2 Å². The lowest BCUT2D eigenvalue weighted by atomic mass is 10.1. The number of unbranched alkanes of at least 4 members (excludes halogenated alkanes) is 6. The number of hydrogen-bond donors (Lipinski definition) is 0. The van der Waals surface area contributed by atoms with Crippen LogP contribution in [-0.2, 0) is 4.74 Å². The summed E-state index contributed by atoms with van der Waals surface area (Å²) < 4.78 is 5.62. The molecule has 19 heavy (non-hydrogen) atoms. The molecule has 0 fully saturated rings. The zero-order valence-electron chi connectivity index (χ0n) is 13.5. The van der Waals surface area contributed by atoms with Gasteiger partial charge < -0.3 is 9.64 Å². The summed E-state index contributed by atoms with van der Waals surface area (Å²) >= 11 is 0. The van der Waals surface area contributed by atoms with E-state index < -0.39 is 0 Å². The van der Waals surface area contributed by atoms with Crippen LogP contribution in [0.25, 0.3) is 0 Å². The molecule has 0 aromatic rings. The maximum atomic E-state index is 5.62. The van der Waals surface area contributed by atoms with E-state index in [0.29, 0.717) is 0 Å². The van der Waals surface area contributed by atoms with Gasteiger partial charge in [-0.2, -0.15) is 0 Å². The van der Waals surface area contributed by atoms with Gasteiger partial charge in [-0.3, -0.25) is 0 Å². The molecule has 2 heteroatoms. The van der Waals surface area contributed by atoms with E-state index in [9.17, 15) is 0 Å². The first-order valence-corrected chi connectivity index (χ1v) is 8.14. The minimum atomic E-state index is 0.919. The normalized spacial score (nSPS) is 11.8. The molecule has 0 aliphatic rings. The van der Waals surface area contributed by atoms with Gasteiger partial charge in [0.25, 0.3) is 0 Å². The van der Waals surface area contributed by atoms with Crippen LogP contribution in [0, 0.1) is 0 Å². The minimum absolute atomic E-state index is 0.919. The van der Waals surface area contributed by atoms with E-state index >= 15 is 0 Å². The predicted molar refractivity (Wildman–Crippen MR) is 85.7 cm³/mol. The maximum absolute atomic E-state index is 5.62. The summed E-state index contributed by atoms with van der Waals surface area (Å²) in [7, 11) is 4.22. The first-order chi connectivity index (χ1) is 9.27. The summed E-state index contributed by atoms with van der Waals surface area (Å²) in [5.41, 5.74) is 0. The number of ether oxygens (including phenoxy) is 1. The Bertz CT molecular complexity index is 190. The molecule has 114 valence electrons. The van der Waals surface area contributed by atoms with Crippen LogP contribution >= 0.6 is 0 Å². The molecular formula is C17H35NO. The molecule has 0 aromatic carbocycles. The lowest BCUT2D eigenvalue weighted by Crippen LogP contribution is -2.14. The molecule has 0 aliphatic carbocycles. The zero-order chi connectivity index (χ0) is 14.2. The van der Waals surface area contributed by atoms with Crippen molar-refractivity contribution >= 4 is 0 Å². The SMILES string of the molecule is CC/C=C\CCCCCCCCOCCCN(C)C. The minimum Gasteiger partial charge on any atom is -0.381 e. The lowest BCUT2D eigenvalue weighted by molar-refractivity contribution is 0.122. The van der Waals surface area contributed by atoms with Crippen LogP contribution in [-0.4, -0.2) is 38.8 Å². The van der Waals surface area contributed by atoms with Gasteiger partial charge in [0.1, 0.15) is 0 Å². The largest absolute Gasteiger partial charge is 0.381 e. The molecule has 0 spiro atoms. The molecule has 0 radical (unpaired) electrons. The number of allylic oxidation sites excluding steroid dienone is 2. The van der Waals surface area contributed by atoms with E-state index in [1.165, 1.54) is 51.4 Å². The van der Waals surface area contributed by atoms with E-state index in [1.807, 2.05) is 0 Å². The van der Waals surface area contributed by atoms with Crippen molar-refractivity contribution in [1.82, 2.24) is 4.90 Å². The van der Waals surface area contributed by atoms with E-state index in [0.717, 1.165) is 26.2 Å². The van der Waals surface area contributed by atoms with Gasteiger partial charge in [0.15, 0.2) is 0 Å². The highest BCUT2D eigenvalue weighted by molar-refractivity contribution is 4.79. The van der Waals surface area contributed by atoms with E-state index in [-0.39, 0.29) is 0 Å². The van der Waals surface area contributed by atoms with Crippen molar-refractivity contribution in [2.75, 3.05) is 33.9 Å². The van der Waals surface area contributed by atoms with E-state index in [1.54, 1.807) is 0 Å². The Morgan fingerprint density at radius 1 is 0.789 bits per heavy atom. The summed E-state index contributed by atoms with van der Waals surface area (Å²) in [6.45, 7) is 5.19. The Labute approximate surface area is 121 Å². The van der Waals surface area contributed by atoms with Gasteiger partial charge in [-0.25, -0.2) is 0 Å². The Kier molecular flexibility index (Phi) is 15.4. The molecule has 0 aromatic heterocycles. The van der Waals surface area contributed by atoms with Crippen molar-refractivity contribution in [2.45, 2.75) is 64.7 Å². The van der Waals surface area contributed by atoms with Crippen molar-refractivity contribution in [3.63, 3.8) is 0 Å². The van der Waals surface area contributed by atoms with Crippen LogP contribution in [0.1, 0.15) is 64.7 Å². The number of hydrogen-bond acceptors (Lipinski definition) is 2. The van der Waals surface area contributed by atoms with Crippen LogP contribution < -0.4 is 0 Å². The second-order valence-electron chi connectivity index (χ2n) is 5.56. The monoisotopic (exact) mass is 269 g/mol.